The highest BCUT2D eigenvalue weighted by Gasteiger charge is 2.28. The lowest BCUT2D eigenvalue weighted by Crippen LogP contribution is -2.23. The average molecular weight is 300 g/mol. The van der Waals surface area contributed by atoms with E-state index < -0.39 is 0 Å². The van der Waals surface area contributed by atoms with Crippen LogP contribution in [0.2, 0.25) is 0 Å². The van der Waals surface area contributed by atoms with Crippen molar-refractivity contribution in [3.8, 4) is 0 Å². The van der Waals surface area contributed by atoms with E-state index in [-0.39, 0.29) is 23.4 Å². The van der Waals surface area contributed by atoms with Gasteiger partial charge >= 0.3 is 5.97 Å². The maximum absolute atomic E-state index is 13.7. The summed E-state index contributed by atoms with van der Waals surface area (Å²) in [4.78, 5) is 14.0. The van der Waals surface area contributed by atoms with Crippen molar-refractivity contribution in [1.82, 2.24) is 0 Å². The normalized spacial score (nSPS) is 22.4. The van der Waals surface area contributed by atoms with Gasteiger partial charge in [0.2, 0.25) is 0 Å². The standard InChI is InChI=1S/C15H19ClFNO2/c1-2-20-15(19)11-5-3-10(4-6-11)12-7-8-14(18-16)13(17)9-12/h7-11,18H,2-6H2,1H3. The van der Waals surface area contributed by atoms with E-state index in [1.54, 1.807) is 6.07 Å². The summed E-state index contributed by atoms with van der Waals surface area (Å²) in [5.74, 6) is -0.136. The second kappa shape index (κ2) is 6.93. The smallest absolute Gasteiger partial charge is 0.308 e. The number of anilines is 1. The van der Waals surface area contributed by atoms with Crippen molar-refractivity contribution in [2.45, 2.75) is 38.5 Å². The van der Waals surface area contributed by atoms with Gasteiger partial charge in [-0.15, -0.1) is 0 Å². The van der Waals surface area contributed by atoms with E-state index in [2.05, 4.69) is 4.84 Å². The first-order chi connectivity index (χ1) is 9.65. The molecule has 110 valence electrons. The van der Waals surface area contributed by atoms with E-state index in [1.807, 2.05) is 13.0 Å². The monoisotopic (exact) mass is 299 g/mol. The molecule has 2 rings (SSSR count). The molecule has 0 aliphatic heterocycles. The zero-order valence-corrected chi connectivity index (χ0v) is 12.3. The number of ether oxygens (including phenoxy) is 1. The van der Waals surface area contributed by atoms with Crippen LogP contribution in [-0.2, 0) is 9.53 Å². The number of benzene rings is 1. The molecule has 0 atom stereocenters. The lowest BCUT2D eigenvalue weighted by molar-refractivity contribution is -0.149. The molecule has 1 fully saturated rings. The summed E-state index contributed by atoms with van der Waals surface area (Å²) in [6, 6.07) is 5.07. The SMILES string of the molecule is CCOC(=O)C1CCC(c2ccc(NCl)c(F)c2)CC1. The predicted molar refractivity (Wildman–Crippen MR) is 77.2 cm³/mol. The average Bonchev–Trinajstić information content (AvgIpc) is 2.47. The Bertz CT molecular complexity index is 473. The molecule has 0 radical (unpaired) electrons. The number of nitrogens with one attached hydrogen (secondary N) is 1. The Balaban J connectivity index is 1.97. The first-order valence-corrected chi connectivity index (χ1v) is 7.36. The van der Waals surface area contributed by atoms with Crippen molar-refractivity contribution in [2.24, 2.45) is 5.92 Å². The molecular weight excluding hydrogens is 281 g/mol. The van der Waals surface area contributed by atoms with Crippen molar-refractivity contribution in [3.05, 3.63) is 29.6 Å². The van der Waals surface area contributed by atoms with E-state index in [4.69, 9.17) is 16.5 Å². The fraction of sp³-hybridized carbons (Fsp3) is 0.533. The van der Waals surface area contributed by atoms with Crippen LogP contribution >= 0.6 is 11.8 Å². The number of hydrogen-bond acceptors (Lipinski definition) is 3. The Morgan fingerprint density at radius 1 is 1.40 bits per heavy atom. The van der Waals surface area contributed by atoms with Crippen LogP contribution in [0.15, 0.2) is 18.2 Å². The van der Waals surface area contributed by atoms with E-state index in [9.17, 15) is 9.18 Å². The Morgan fingerprint density at radius 2 is 2.10 bits per heavy atom. The van der Waals surface area contributed by atoms with E-state index in [0.29, 0.717) is 12.5 Å². The van der Waals surface area contributed by atoms with Gasteiger partial charge in [-0.2, -0.15) is 0 Å². The Labute approximate surface area is 123 Å². The molecule has 1 aromatic rings. The molecule has 1 aromatic carbocycles. The molecule has 1 N–H and O–H groups in total. The van der Waals surface area contributed by atoms with Crippen LogP contribution in [0, 0.1) is 11.7 Å². The molecule has 0 heterocycles. The first kappa shape index (κ1) is 15.1. The van der Waals surface area contributed by atoms with Crippen molar-refractivity contribution in [2.75, 3.05) is 11.4 Å². The third-order valence-corrected chi connectivity index (χ3v) is 4.12. The van der Waals surface area contributed by atoms with Crippen LogP contribution in [0.5, 0.6) is 0 Å². The molecule has 1 aliphatic rings. The summed E-state index contributed by atoms with van der Waals surface area (Å²) in [5, 5.41) is 0. The molecule has 0 unspecified atom stereocenters. The van der Waals surface area contributed by atoms with Crippen molar-refractivity contribution < 1.29 is 13.9 Å². The van der Waals surface area contributed by atoms with Crippen LogP contribution in [-0.4, -0.2) is 12.6 Å². The molecule has 20 heavy (non-hydrogen) atoms. The highest BCUT2D eigenvalue weighted by Crippen LogP contribution is 2.37. The van der Waals surface area contributed by atoms with Crippen LogP contribution in [0.4, 0.5) is 10.1 Å². The number of carbonyl (C=O) groups excluding carboxylic acids is 1. The lowest BCUT2D eigenvalue weighted by Gasteiger charge is -2.27. The number of halogens is 2. The zero-order valence-electron chi connectivity index (χ0n) is 11.5. The van der Waals surface area contributed by atoms with Crippen LogP contribution < -0.4 is 4.84 Å². The van der Waals surface area contributed by atoms with Gasteiger partial charge < -0.3 is 4.74 Å². The molecular formula is C15H19ClFNO2. The summed E-state index contributed by atoms with van der Waals surface area (Å²) >= 11 is 5.41. The third-order valence-electron chi connectivity index (χ3n) is 3.91. The number of hydrogen-bond donors (Lipinski definition) is 1. The Kier molecular flexibility index (Phi) is 5.24. The molecule has 0 bridgehead atoms. The minimum atomic E-state index is -0.343. The second-order valence-electron chi connectivity index (χ2n) is 5.13. The maximum Gasteiger partial charge on any atom is 0.308 e. The van der Waals surface area contributed by atoms with E-state index in [0.717, 1.165) is 31.2 Å². The minimum absolute atomic E-state index is 0.000159. The largest absolute Gasteiger partial charge is 0.466 e. The molecule has 1 aliphatic carbocycles. The number of esters is 1. The van der Waals surface area contributed by atoms with Gasteiger partial charge in [0.05, 0.1) is 18.2 Å². The molecule has 0 spiro atoms. The van der Waals surface area contributed by atoms with Gasteiger partial charge in [0, 0.05) is 11.8 Å². The van der Waals surface area contributed by atoms with Crippen molar-refractivity contribution >= 4 is 23.4 Å². The molecule has 0 saturated heterocycles. The van der Waals surface area contributed by atoms with Gasteiger partial charge in [-0.1, -0.05) is 6.07 Å². The number of rotatable bonds is 4. The fourth-order valence-electron chi connectivity index (χ4n) is 2.78. The molecule has 1 saturated carbocycles. The summed E-state index contributed by atoms with van der Waals surface area (Å²) in [6.07, 6.45) is 3.38. The zero-order chi connectivity index (χ0) is 14.5. The van der Waals surface area contributed by atoms with E-state index >= 15 is 0 Å². The van der Waals surface area contributed by atoms with Gasteiger partial charge in [0.1, 0.15) is 5.82 Å². The van der Waals surface area contributed by atoms with Crippen LogP contribution in [0.3, 0.4) is 0 Å². The quantitative estimate of drug-likeness (QED) is 0.668. The fourth-order valence-corrected chi connectivity index (χ4v) is 2.94. The highest BCUT2D eigenvalue weighted by molar-refractivity contribution is 6.23. The predicted octanol–water partition coefficient (Wildman–Crippen LogP) is 4.23. The molecule has 3 nitrogen and oxygen atoms in total. The molecule has 0 aromatic heterocycles. The van der Waals surface area contributed by atoms with Gasteiger partial charge in [-0.3, -0.25) is 9.63 Å². The topological polar surface area (TPSA) is 38.3 Å². The van der Waals surface area contributed by atoms with Gasteiger partial charge in [0.25, 0.3) is 0 Å². The molecule has 0 amide bonds. The first-order valence-electron chi connectivity index (χ1n) is 6.98. The lowest BCUT2D eigenvalue weighted by atomic mass is 9.78. The third kappa shape index (κ3) is 3.42. The number of carbonyl (C=O) groups is 1. The summed E-state index contributed by atoms with van der Waals surface area (Å²) < 4.78 is 18.7. The molecule has 5 heteroatoms. The van der Waals surface area contributed by atoms with E-state index in [1.165, 1.54) is 6.07 Å². The maximum atomic E-state index is 13.7. The van der Waals surface area contributed by atoms with Gasteiger partial charge in [-0.05, 0) is 56.2 Å². The second-order valence-corrected chi connectivity index (χ2v) is 5.32. The van der Waals surface area contributed by atoms with Crippen molar-refractivity contribution in [1.29, 1.82) is 0 Å². The van der Waals surface area contributed by atoms with Gasteiger partial charge in [0.15, 0.2) is 0 Å². The summed E-state index contributed by atoms with van der Waals surface area (Å²) in [7, 11) is 0. The van der Waals surface area contributed by atoms with Crippen LogP contribution in [0.1, 0.15) is 44.1 Å². The van der Waals surface area contributed by atoms with Crippen LogP contribution in [0.25, 0.3) is 0 Å². The van der Waals surface area contributed by atoms with Crippen molar-refractivity contribution in [3.63, 3.8) is 0 Å². The van der Waals surface area contributed by atoms with Gasteiger partial charge in [-0.25, -0.2) is 4.39 Å². The summed E-state index contributed by atoms with van der Waals surface area (Å²) in [6.45, 7) is 2.25. The Morgan fingerprint density at radius 3 is 2.65 bits per heavy atom. The minimum Gasteiger partial charge on any atom is -0.466 e. The Hall–Kier alpha value is -1.29. The highest BCUT2D eigenvalue weighted by atomic mass is 35.5. The summed E-state index contributed by atoms with van der Waals surface area (Å²) in [5.41, 5.74) is 1.26.